The Morgan fingerprint density at radius 1 is 0.314 bits per heavy atom. The monoisotopic (exact) mass is 651 g/mol. The molecule has 0 aliphatic heterocycles. The van der Waals surface area contributed by atoms with Crippen LogP contribution in [0, 0.1) is 0 Å². The lowest BCUT2D eigenvalue weighted by atomic mass is 9.97. The van der Waals surface area contributed by atoms with Gasteiger partial charge in [-0.3, -0.25) is 0 Å². The molecule has 5 heteroatoms. The summed E-state index contributed by atoms with van der Waals surface area (Å²) < 4.78 is 2.36. The molecule has 0 saturated carbocycles. The molecule has 0 amide bonds. The van der Waals surface area contributed by atoms with Gasteiger partial charge in [0.2, 0.25) is 0 Å². The molecule has 3 heterocycles. The van der Waals surface area contributed by atoms with Gasteiger partial charge in [0.1, 0.15) is 0 Å². The van der Waals surface area contributed by atoms with Gasteiger partial charge in [-0.05, 0) is 53.9 Å². The van der Waals surface area contributed by atoms with Crippen LogP contribution in [0.1, 0.15) is 0 Å². The van der Waals surface area contributed by atoms with Crippen LogP contribution < -0.4 is 0 Å². The zero-order valence-corrected chi connectivity index (χ0v) is 27.5. The average Bonchev–Trinajstić information content (AvgIpc) is 3.53. The van der Waals surface area contributed by atoms with Crippen molar-refractivity contribution in [2.45, 2.75) is 0 Å². The van der Waals surface area contributed by atoms with Gasteiger partial charge in [-0.1, -0.05) is 127 Å². The quantitative estimate of drug-likeness (QED) is 0.174. The van der Waals surface area contributed by atoms with Gasteiger partial charge in [-0.2, -0.15) is 0 Å². The molecule has 3 aromatic heterocycles. The summed E-state index contributed by atoms with van der Waals surface area (Å²) in [6, 6.07) is 61.0. The Bertz CT molecular complexity index is 2830. The van der Waals surface area contributed by atoms with Crippen molar-refractivity contribution in [3.8, 4) is 51.1 Å². The van der Waals surface area contributed by atoms with Gasteiger partial charge in [-0.25, -0.2) is 19.9 Å². The second-order valence-electron chi connectivity index (χ2n) is 12.7. The zero-order valence-electron chi connectivity index (χ0n) is 27.5. The van der Waals surface area contributed by atoms with Crippen molar-refractivity contribution in [1.82, 2.24) is 24.5 Å². The topological polar surface area (TPSA) is 56.5 Å². The molecule has 0 spiro atoms. The second-order valence-corrected chi connectivity index (χ2v) is 12.7. The number of hydrogen-bond acceptors (Lipinski definition) is 4. The molecule has 5 nitrogen and oxygen atoms in total. The number of aromatic nitrogens is 5. The van der Waals surface area contributed by atoms with E-state index in [4.69, 9.17) is 19.9 Å². The van der Waals surface area contributed by atoms with Crippen molar-refractivity contribution in [3.63, 3.8) is 0 Å². The normalized spacial score (nSPS) is 11.5. The van der Waals surface area contributed by atoms with Crippen LogP contribution in [0.3, 0.4) is 0 Å². The summed E-state index contributed by atoms with van der Waals surface area (Å²) in [5, 5.41) is 5.67. The highest BCUT2D eigenvalue weighted by Crippen LogP contribution is 2.41. The van der Waals surface area contributed by atoms with E-state index in [1.165, 1.54) is 5.39 Å². The molecule has 7 aromatic carbocycles. The van der Waals surface area contributed by atoms with Crippen molar-refractivity contribution in [3.05, 3.63) is 176 Å². The number of rotatable bonds is 5. The lowest BCUT2D eigenvalue weighted by Crippen LogP contribution is -2.00. The Kier molecular flexibility index (Phi) is 6.74. The van der Waals surface area contributed by atoms with Crippen molar-refractivity contribution < 1.29 is 0 Å². The van der Waals surface area contributed by atoms with Crippen LogP contribution >= 0.6 is 0 Å². The molecule has 0 aliphatic rings. The Morgan fingerprint density at radius 3 is 1.49 bits per heavy atom. The fraction of sp³-hybridized carbons (Fsp3) is 0. The van der Waals surface area contributed by atoms with Gasteiger partial charge in [0.05, 0.1) is 22.2 Å². The first-order chi connectivity index (χ1) is 25.3. The van der Waals surface area contributed by atoms with E-state index in [1.807, 2.05) is 66.7 Å². The average molecular weight is 652 g/mol. The van der Waals surface area contributed by atoms with E-state index in [0.29, 0.717) is 17.5 Å². The van der Waals surface area contributed by atoms with E-state index < -0.39 is 0 Å². The number of benzene rings is 7. The molecule has 10 aromatic rings. The second kappa shape index (κ2) is 11.9. The molecule has 0 radical (unpaired) electrons. The smallest absolute Gasteiger partial charge is 0.164 e. The van der Waals surface area contributed by atoms with Gasteiger partial charge < -0.3 is 4.57 Å². The van der Waals surface area contributed by atoms with Crippen molar-refractivity contribution in [1.29, 1.82) is 0 Å². The number of pyridine rings is 1. The van der Waals surface area contributed by atoms with Gasteiger partial charge in [0, 0.05) is 49.5 Å². The van der Waals surface area contributed by atoms with E-state index >= 15 is 0 Å². The van der Waals surface area contributed by atoms with E-state index in [9.17, 15) is 0 Å². The van der Waals surface area contributed by atoms with Crippen molar-refractivity contribution in [2.24, 2.45) is 0 Å². The summed E-state index contributed by atoms with van der Waals surface area (Å²) in [6.45, 7) is 0. The van der Waals surface area contributed by atoms with Crippen LogP contribution in [0.15, 0.2) is 176 Å². The first kappa shape index (κ1) is 29.0. The summed E-state index contributed by atoms with van der Waals surface area (Å²) >= 11 is 0. The Balaban J connectivity index is 1.28. The van der Waals surface area contributed by atoms with Crippen LogP contribution in [0.5, 0.6) is 0 Å². The van der Waals surface area contributed by atoms with Crippen LogP contribution in [0.25, 0.3) is 94.6 Å². The van der Waals surface area contributed by atoms with Gasteiger partial charge in [0.15, 0.2) is 17.5 Å². The van der Waals surface area contributed by atoms with Crippen LogP contribution in [-0.2, 0) is 0 Å². The standard InChI is InChI=1S/C46H29N5/c1-5-15-30(16-6-1)43-39-28-38-37-27-33(46-49-44(31-17-7-2-8-18-31)48-45(50-46)32-19-9-3-10-20-32)25-26-41(37)51(34-21-11-4-12-22-34)42(38)29-36(39)35-23-13-14-24-40(35)47-43/h1-29H. The van der Waals surface area contributed by atoms with Crippen molar-refractivity contribution in [2.75, 3.05) is 0 Å². The SMILES string of the molecule is c1ccc(-c2nc(-c3ccccc3)nc(-c3ccc4c(c3)c3cc5c(-c6ccccc6)nc6ccccc6c5cc3n4-c3ccccc3)n2)cc1. The molecule has 238 valence electrons. The molecule has 51 heavy (non-hydrogen) atoms. The number of fused-ring (bicyclic) bond motifs is 6. The fourth-order valence-corrected chi connectivity index (χ4v) is 7.21. The molecular weight excluding hydrogens is 623 g/mol. The molecule has 0 aliphatic carbocycles. The molecule has 10 rings (SSSR count). The Labute approximate surface area is 294 Å². The summed E-state index contributed by atoms with van der Waals surface area (Å²) in [7, 11) is 0. The summed E-state index contributed by atoms with van der Waals surface area (Å²) in [5.74, 6) is 1.91. The molecule has 0 N–H and O–H groups in total. The van der Waals surface area contributed by atoms with E-state index in [1.54, 1.807) is 0 Å². The third-order valence-electron chi connectivity index (χ3n) is 9.61. The lowest BCUT2D eigenvalue weighted by Gasteiger charge is -2.12. The zero-order chi connectivity index (χ0) is 33.7. The molecule has 0 atom stereocenters. The van der Waals surface area contributed by atoms with Gasteiger partial charge in [0.25, 0.3) is 0 Å². The van der Waals surface area contributed by atoms with Gasteiger partial charge in [-0.15, -0.1) is 0 Å². The van der Waals surface area contributed by atoms with Crippen LogP contribution in [0.4, 0.5) is 0 Å². The van der Waals surface area contributed by atoms with Crippen molar-refractivity contribution >= 4 is 43.5 Å². The highest BCUT2D eigenvalue weighted by Gasteiger charge is 2.19. The van der Waals surface area contributed by atoms with Crippen LogP contribution in [-0.4, -0.2) is 24.5 Å². The third kappa shape index (κ3) is 4.94. The minimum absolute atomic E-state index is 0.628. The summed E-state index contributed by atoms with van der Waals surface area (Å²) in [5.41, 5.74) is 9.19. The minimum atomic E-state index is 0.628. The summed E-state index contributed by atoms with van der Waals surface area (Å²) in [4.78, 5) is 20.3. The largest absolute Gasteiger partial charge is 0.309 e. The highest BCUT2D eigenvalue weighted by atomic mass is 15.0. The maximum absolute atomic E-state index is 5.23. The van der Waals surface area contributed by atoms with E-state index in [-0.39, 0.29) is 0 Å². The first-order valence-electron chi connectivity index (χ1n) is 17.1. The molecule has 0 bridgehead atoms. The maximum atomic E-state index is 5.23. The van der Waals surface area contributed by atoms with Gasteiger partial charge >= 0.3 is 0 Å². The maximum Gasteiger partial charge on any atom is 0.164 e. The summed E-state index contributed by atoms with van der Waals surface area (Å²) in [6.07, 6.45) is 0. The van der Waals surface area contributed by atoms with E-state index in [0.717, 1.165) is 71.7 Å². The lowest BCUT2D eigenvalue weighted by molar-refractivity contribution is 1.07. The number of nitrogens with zero attached hydrogens (tertiary/aromatic N) is 5. The predicted octanol–water partition coefficient (Wildman–Crippen LogP) is 11.3. The number of hydrogen-bond donors (Lipinski definition) is 0. The fourth-order valence-electron chi connectivity index (χ4n) is 7.21. The predicted molar refractivity (Wildman–Crippen MR) is 209 cm³/mol. The molecular formula is C46H29N5. The Hall–Kier alpha value is -6.98. The first-order valence-corrected chi connectivity index (χ1v) is 17.1. The molecule has 0 fully saturated rings. The molecule has 0 saturated heterocycles. The minimum Gasteiger partial charge on any atom is -0.309 e. The molecule has 0 unspecified atom stereocenters. The Morgan fingerprint density at radius 2 is 0.843 bits per heavy atom. The highest BCUT2D eigenvalue weighted by molar-refractivity contribution is 6.20. The third-order valence-corrected chi connectivity index (χ3v) is 9.61. The number of para-hydroxylation sites is 2. The van der Waals surface area contributed by atoms with E-state index in [2.05, 4.69) is 114 Å². The van der Waals surface area contributed by atoms with Crippen LogP contribution in [0.2, 0.25) is 0 Å².